The zero-order valence-corrected chi connectivity index (χ0v) is 20.2. The van der Waals surface area contributed by atoms with E-state index in [0.717, 1.165) is 24.7 Å². The van der Waals surface area contributed by atoms with Gasteiger partial charge in [0.15, 0.2) is 23.1 Å². The molecule has 0 radical (unpaired) electrons. The average Bonchev–Trinajstić information content (AvgIpc) is 3.18. The number of nitrogens with one attached hydrogen (secondary N) is 1. The number of benzene rings is 1. The molecule has 10 heteroatoms. The van der Waals surface area contributed by atoms with Crippen LogP contribution in [0.25, 0.3) is 0 Å². The first-order chi connectivity index (χ1) is 16.6. The zero-order valence-electron chi connectivity index (χ0n) is 20.2. The van der Waals surface area contributed by atoms with E-state index in [-0.39, 0.29) is 6.03 Å². The number of hydrogen-bond donors (Lipinski definition) is 1. The first-order valence-electron chi connectivity index (χ1n) is 11.8. The normalized spacial score (nSPS) is 16.6. The fourth-order valence-corrected chi connectivity index (χ4v) is 4.45. The molecular formula is C24H34N6O4. The number of carbonyl (C=O) groups excluding carboxylic acids is 1. The second-order valence-corrected chi connectivity index (χ2v) is 8.47. The van der Waals surface area contributed by atoms with Crippen LogP contribution >= 0.6 is 0 Å². The number of nitrogens with zero attached hydrogens (tertiary/aromatic N) is 5. The van der Waals surface area contributed by atoms with E-state index in [9.17, 15) is 4.79 Å². The Morgan fingerprint density at radius 2 is 1.29 bits per heavy atom. The maximum Gasteiger partial charge on any atom is 0.321 e. The van der Waals surface area contributed by atoms with E-state index in [1.807, 2.05) is 6.07 Å². The predicted molar refractivity (Wildman–Crippen MR) is 132 cm³/mol. The summed E-state index contributed by atoms with van der Waals surface area (Å²) < 4.78 is 16.1. The predicted octanol–water partition coefficient (Wildman–Crippen LogP) is 3.24. The van der Waals surface area contributed by atoms with Crippen LogP contribution in [-0.2, 0) is 0 Å². The molecule has 2 aliphatic heterocycles. The van der Waals surface area contributed by atoms with Crippen LogP contribution in [0.5, 0.6) is 17.2 Å². The first-order valence-corrected chi connectivity index (χ1v) is 11.8. The van der Waals surface area contributed by atoms with Crippen LogP contribution in [-0.4, -0.2) is 81.7 Å². The molecule has 2 aromatic rings. The van der Waals surface area contributed by atoms with Gasteiger partial charge in [0, 0.05) is 51.4 Å². The maximum absolute atomic E-state index is 12.9. The Labute approximate surface area is 200 Å². The van der Waals surface area contributed by atoms with E-state index in [1.165, 1.54) is 25.7 Å². The van der Waals surface area contributed by atoms with Crippen molar-refractivity contribution in [2.45, 2.75) is 25.7 Å². The van der Waals surface area contributed by atoms with Crippen LogP contribution in [0, 0.1) is 0 Å². The number of carbonyl (C=O) groups is 1. The highest BCUT2D eigenvalue weighted by Crippen LogP contribution is 2.40. The lowest BCUT2D eigenvalue weighted by Crippen LogP contribution is -2.50. The minimum atomic E-state index is -0.170. The number of rotatable bonds is 6. The number of piperazine rings is 1. The van der Waals surface area contributed by atoms with Crippen LogP contribution in [0.3, 0.4) is 0 Å². The van der Waals surface area contributed by atoms with Crippen molar-refractivity contribution in [3.8, 4) is 17.2 Å². The summed E-state index contributed by atoms with van der Waals surface area (Å²) >= 11 is 0. The smallest absolute Gasteiger partial charge is 0.321 e. The maximum atomic E-state index is 12.9. The number of aromatic nitrogens is 2. The third kappa shape index (κ3) is 5.37. The second-order valence-electron chi connectivity index (χ2n) is 8.47. The highest BCUT2D eigenvalue weighted by Gasteiger charge is 2.23. The average molecular weight is 471 g/mol. The van der Waals surface area contributed by atoms with Crippen LogP contribution in [0.2, 0.25) is 0 Å². The van der Waals surface area contributed by atoms with Crippen LogP contribution < -0.4 is 29.3 Å². The van der Waals surface area contributed by atoms with Crippen LogP contribution in [0.15, 0.2) is 24.3 Å². The molecule has 3 heterocycles. The zero-order chi connectivity index (χ0) is 23.9. The van der Waals surface area contributed by atoms with E-state index in [4.69, 9.17) is 14.2 Å². The van der Waals surface area contributed by atoms with Crippen molar-refractivity contribution < 1.29 is 19.0 Å². The molecule has 34 heavy (non-hydrogen) atoms. The fourth-order valence-electron chi connectivity index (χ4n) is 4.45. The topological polar surface area (TPSA) is 92.3 Å². The number of amides is 2. The van der Waals surface area contributed by atoms with Crippen molar-refractivity contribution >= 4 is 23.4 Å². The molecule has 2 saturated heterocycles. The largest absolute Gasteiger partial charge is 0.493 e. The summed E-state index contributed by atoms with van der Waals surface area (Å²) in [5.74, 6) is 3.27. The Morgan fingerprint density at radius 1 is 0.765 bits per heavy atom. The van der Waals surface area contributed by atoms with Gasteiger partial charge >= 0.3 is 6.03 Å². The first kappa shape index (κ1) is 23.7. The minimum absolute atomic E-state index is 0.170. The number of hydrogen-bond acceptors (Lipinski definition) is 8. The lowest BCUT2D eigenvalue weighted by molar-refractivity contribution is 0.208. The molecule has 4 rings (SSSR count). The van der Waals surface area contributed by atoms with Gasteiger partial charge in [-0.25, -0.2) is 4.79 Å². The Hall–Kier alpha value is -3.43. The molecule has 0 aliphatic carbocycles. The Bertz CT molecular complexity index is 929. The summed E-state index contributed by atoms with van der Waals surface area (Å²) in [6, 6.07) is 7.38. The lowest BCUT2D eigenvalue weighted by Gasteiger charge is -2.35. The van der Waals surface area contributed by atoms with Crippen molar-refractivity contribution in [1.29, 1.82) is 0 Å². The van der Waals surface area contributed by atoms with Crippen LogP contribution in [0.4, 0.5) is 22.1 Å². The second kappa shape index (κ2) is 11.1. The molecule has 0 saturated carbocycles. The van der Waals surface area contributed by atoms with Gasteiger partial charge in [-0.1, -0.05) is 12.8 Å². The molecule has 0 bridgehead atoms. The van der Waals surface area contributed by atoms with Gasteiger partial charge in [0.2, 0.25) is 5.75 Å². The van der Waals surface area contributed by atoms with Gasteiger partial charge < -0.3 is 34.2 Å². The SMILES string of the molecule is COc1cc(NC(=O)N2CCN(c3ccc(N4CCCCCC4)nn3)CC2)cc(OC)c1OC. The van der Waals surface area contributed by atoms with Gasteiger partial charge in [-0.3, -0.25) is 0 Å². The third-order valence-electron chi connectivity index (χ3n) is 6.37. The molecular weight excluding hydrogens is 436 g/mol. The summed E-state index contributed by atoms with van der Waals surface area (Å²) in [5.41, 5.74) is 0.580. The standard InChI is InChI=1S/C24H34N6O4/c1-32-19-16-18(17-20(33-2)23(19)34-3)25-24(31)30-14-12-29(13-15-30)22-9-8-21(26-27-22)28-10-6-4-5-7-11-28/h8-9,16-17H,4-7,10-15H2,1-3H3,(H,25,31). The van der Waals surface area contributed by atoms with Crippen molar-refractivity contribution in [2.24, 2.45) is 0 Å². The van der Waals surface area contributed by atoms with Crippen molar-refractivity contribution in [2.75, 3.05) is 75.7 Å². The van der Waals surface area contributed by atoms with Gasteiger partial charge in [0.1, 0.15) is 0 Å². The van der Waals surface area contributed by atoms with Crippen molar-refractivity contribution in [1.82, 2.24) is 15.1 Å². The monoisotopic (exact) mass is 470 g/mol. The van der Waals surface area contributed by atoms with Crippen molar-refractivity contribution in [3.05, 3.63) is 24.3 Å². The summed E-state index contributed by atoms with van der Waals surface area (Å²) in [7, 11) is 4.64. The van der Waals surface area contributed by atoms with Gasteiger partial charge in [-0.15, -0.1) is 10.2 Å². The summed E-state index contributed by atoms with van der Waals surface area (Å²) in [6.07, 6.45) is 5.01. The molecule has 1 aromatic heterocycles. The van der Waals surface area contributed by atoms with E-state index < -0.39 is 0 Å². The molecule has 184 valence electrons. The molecule has 1 aromatic carbocycles. The van der Waals surface area contributed by atoms with E-state index >= 15 is 0 Å². The summed E-state index contributed by atoms with van der Waals surface area (Å²) in [4.78, 5) is 19.2. The number of urea groups is 1. The highest BCUT2D eigenvalue weighted by atomic mass is 16.5. The molecule has 2 aliphatic rings. The minimum Gasteiger partial charge on any atom is -0.493 e. The quantitative estimate of drug-likeness (QED) is 0.688. The summed E-state index contributed by atoms with van der Waals surface area (Å²) in [6.45, 7) is 4.67. The lowest BCUT2D eigenvalue weighted by atomic mass is 10.2. The molecule has 2 fully saturated rings. The van der Waals surface area contributed by atoms with E-state index in [0.29, 0.717) is 49.1 Å². The number of ether oxygens (including phenoxy) is 3. The van der Waals surface area contributed by atoms with Gasteiger partial charge in [0.25, 0.3) is 0 Å². The summed E-state index contributed by atoms with van der Waals surface area (Å²) in [5, 5.41) is 11.9. The molecule has 10 nitrogen and oxygen atoms in total. The number of anilines is 3. The molecule has 1 N–H and O–H groups in total. The Morgan fingerprint density at radius 3 is 1.76 bits per heavy atom. The van der Waals surface area contributed by atoms with Crippen molar-refractivity contribution in [3.63, 3.8) is 0 Å². The Balaban J connectivity index is 1.33. The Kier molecular flexibility index (Phi) is 7.76. The van der Waals surface area contributed by atoms with E-state index in [1.54, 1.807) is 38.4 Å². The fraction of sp³-hybridized carbons (Fsp3) is 0.542. The van der Waals surface area contributed by atoms with Crippen LogP contribution in [0.1, 0.15) is 25.7 Å². The highest BCUT2D eigenvalue weighted by molar-refractivity contribution is 5.90. The molecule has 0 atom stereocenters. The molecule has 2 amide bonds. The van der Waals surface area contributed by atoms with Gasteiger partial charge in [0.05, 0.1) is 27.0 Å². The molecule has 0 spiro atoms. The third-order valence-corrected chi connectivity index (χ3v) is 6.37. The number of methoxy groups -OCH3 is 3. The van der Waals surface area contributed by atoms with Gasteiger partial charge in [-0.05, 0) is 25.0 Å². The molecule has 0 unspecified atom stereocenters. The van der Waals surface area contributed by atoms with Gasteiger partial charge in [-0.2, -0.15) is 0 Å². The van der Waals surface area contributed by atoms with E-state index in [2.05, 4.69) is 31.4 Å².